The molecule has 0 saturated carbocycles. The zero-order chi connectivity index (χ0) is 28.2. The predicted octanol–water partition coefficient (Wildman–Crippen LogP) is 4.11. The van der Waals surface area contributed by atoms with E-state index >= 15 is 4.39 Å². The van der Waals surface area contributed by atoms with Crippen LogP contribution in [0.5, 0.6) is 0 Å². The van der Waals surface area contributed by atoms with Crippen LogP contribution in [0.2, 0.25) is 0 Å². The van der Waals surface area contributed by atoms with Gasteiger partial charge in [-0.05, 0) is 49.6 Å². The molecule has 6 rings (SSSR count). The van der Waals surface area contributed by atoms with Gasteiger partial charge in [-0.2, -0.15) is 24.0 Å². The number of aliphatic imine (C=N–C) groups is 2. The average Bonchev–Trinajstić information content (AvgIpc) is 3.44. The molecule has 13 heteroatoms. The molecule has 0 spiro atoms. The van der Waals surface area contributed by atoms with E-state index in [0.29, 0.717) is 41.8 Å². The van der Waals surface area contributed by atoms with Gasteiger partial charge in [0.2, 0.25) is 11.6 Å². The third-order valence-corrected chi connectivity index (χ3v) is 7.73. The van der Waals surface area contributed by atoms with E-state index in [-0.39, 0.29) is 33.8 Å². The number of halogens is 4. The number of carbonyl (C=O) groups excluding carboxylic acids is 2. The lowest BCUT2D eigenvalue weighted by Crippen LogP contribution is -2.53. The summed E-state index contributed by atoms with van der Waals surface area (Å²) in [5.74, 6) is 4.89. The third-order valence-electron chi connectivity index (χ3n) is 7.73. The summed E-state index contributed by atoms with van der Waals surface area (Å²) in [6, 6.07) is 5.49. The first-order chi connectivity index (χ1) is 19.0. The van der Waals surface area contributed by atoms with Crippen molar-refractivity contribution in [3.63, 3.8) is 0 Å². The second-order valence-electron chi connectivity index (χ2n) is 10.1. The van der Waals surface area contributed by atoms with Gasteiger partial charge in [0.15, 0.2) is 0 Å². The van der Waals surface area contributed by atoms with E-state index in [2.05, 4.69) is 15.3 Å². The molecule has 1 aromatic heterocycles. The van der Waals surface area contributed by atoms with Crippen molar-refractivity contribution in [1.29, 1.82) is 0 Å². The summed E-state index contributed by atoms with van der Waals surface area (Å²) in [5, 5.41) is 2.21. The highest BCUT2D eigenvalue weighted by Crippen LogP contribution is 2.40. The summed E-state index contributed by atoms with van der Waals surface area (Å²) in [4.78, 5) is 39.8. The number of aromatic nitrogens is 1. The molecule has 4 aliphatic rings. The normalized spacial score (nSPS) is 25.7. The van der Waals surface area contributed by atoms with Crippen LogP contribution in [0.1, 0.15) is 47.2 Å². The summed E-state index contributed by atoms with van der Waals surface area (Å²) >= 11 is 0. The summed E-state index contributed by atoms with van der Waals surface area (Å²) in [7, 11) is 0. The fourth-order valence-corrected chi connectivity index (χ4v) is 5.69. The van der Waals surface area contributed by atoms with E-state index in [1.165, 1.54) is 18.3 Å². The van der Waals surface area contributed by atoms with Crippen molar-refractivity contribution in [1.82, 2.24) is 9.88 Å². The lowest BCUT2D eigenvalue weighted by atomic mass is 9.90. The van der Waals surface area contributed by atoms with Crippen LogP contribution in [0, 0.1) is 11.7 Å². The first-order valence-corrected chi connectivity index (χ1v) is 12.7. The van der Waals surface area contributed by atoms with Crippen LogP contribution in [0.3, 0.4) is 0 Å². The Labute approximate surface area is 226 Å². The SMILES string of the molecule is N[N+]12C=CN=CC1=C([C@@H]1CC[C@H]3CCC(=O)N3C1)N=C2c1ccc(C(=O)Nc2cc(C(F)(F)F)ccn2)c(F)c1. The Balaban J connectivity index is 1.28. The number of nitrogens with zero attached hydrogens (tertiary/aromatic N) is 5. The molecule has 3 N–H and O–H groups in total. The van der Waals surface area contributed by atoms with Gasteiger partial charge in [0, 0.05) is 31.1 Å². The van der Waals surface area contributed by atoms with E-state index in [1.54, 1.807) is 12.4 Å². The number of amidine groups is 1. The number of carbonyl (C=O) groups is 2. The Kier molecular flexibility index (Phi) is 6.15. The molecule has 40 heavy (non-hydrogen) atoms. The fraction of sp³-hybridized carbons (Fsp3) is 0.296. The van der Waals surface area contributed by atoms with Gasteiger partial charge in [-0.3, -0.25) is 14.6 Å². The number of allylic oxidation sites excluding steroid dienone is 1. The molecule has 0 aliphatic carbocycles. The summed E-state index contributed by atoms with van der Waals surface area (Å²) in [6.07, 6.45) is 4.11. The molecule has 1 aromatic carbocycles. The number of fused-ring (bicyclic) bond motifs is 2. The van der Waals surface area contributed by atoms with Crippen molar-refractivity contribution in [2.75, 3.05) is 11.9 Å². The number of nitrogens with one attached hydrogen (secondary N) is 1. The molecule has 3 atom stereocenters. The highest BCUT2D eigenvalue weighted by Gasteiger charge is 2.48. The number of piperidine rings is 1. The van der Waals surface area contributed by atoms with Crippen molar-refractivity contribution in [3.8, 4) is 0 Å². The lowest BCUT2D eigenvalue weighted by molar-refractivity contribution is -0.750. The molecule has 4 aliphatic heterocycles. The molecule has 9 nitrogen and oxygen atoms in total. The molecule has 0 radical (unpaired) electrons. The number of quaternary nitrogens is 1. The summed E-state index contributed by atoms with van der Waals surface area (Å²) < 4.78 is 53.9. The van der Waals surface area contributed by atoms with Gasteiger partial charge in [-0.15, -0.1) is 4.59 Å². The minimum absolute atomic E-state index is 0.0698. The Hall–Kier alpha value is -4.23. The largest absolute Gasteiger partial charge is 0.416 e. The minimum atomic E-state index is -4.62. The standard InChI is InChI=1S/C27H23F4N7O2/c28-20-11-15(2-5-19(20)26(40)35-22-12-17(7-8-34-22)27(29,30)31)25-36-24(21-13-33-9-10-38(21,25)32)16-1-3-18-4-6-23(39)37(18)14-16/h2,5,7-13,16,18H,1,3-4,6,14,32H2/p+1/t16-,18+,38?/m1/s1. The zero-order valence-corrected chi connectivity index (χ0v) is 21.0. The van der Waals surface area contributed by atoms with Crippen LogP contribution < -0.4 is 11.2 Å². The van der Waals surface area contributed by atoms with E-state index in [1.807, 2.05) is 4.90 Å². The molecule has 5 heterocycles. The average molecular weight is 555 g/mol. The van der Waals surface area contributed by atoms with Crippen molar-refractivity contribution in [2.45, 2.75) is 37.9 Å². The zero-order valence-electron chi connectivity index (χ0n) is 21.0. The Morgan fingerprint density at radius 3 is 2.75 bits per heavy atom. The molecule has 2 fully saturated rings. The van der Waals surface area contributed by atoms with E-state index in [9.17, 15) is 22.8 Å². The number of hydrogen-bond acceptors (Lipinski definition) is 6. The maximum absolute atomic E-state index is 15.2. The van der Waals surface area contributed by atoms with Crippen LogP contribution in [-0.4, -0.2) is 50.9 Å². The van der Waals surface area contributed by atoms with Gasteiger partial charge in [0.05, 0.1) is 29.1 Å². The third kappa shape index (κ3) is 4.40. The maximum Gasteiger partial charge on any atom is 0.416 e. The first-order valence-electron chi connectivity index (χ1n) is 12.7. The van der Waals surface area contributed by atoms with Crippen molar-refractivity contribution >= 4 is 29.7 Å². The number of amides is 2. The number of hydrogen-bond donors (Lipinski definition) is 2. The van der Waals surface area contributed by atoms with Crippen molar-refractivity contribution in [2.24, 2.45) is 21.7 Å². The van der Waals surface area contributed by atoms with Crippen LogP contribution in [0.15, 0.2) is 70.3 Å². The molecule has 206 valence electrons. The monoisotopic (exact) mass is 554 g/mol. The van der Waals surface area contributed by atoms with Gasteiger partial charge >= 0.3 is 6.18 Å². The van der Waals surface area contributed by atoms with Crippen LogP contribution >= 0.6 is 0 Å². The maximum atomic E-state index is 15.2. The molecular weight excluding hydrogens is 530 g/mol. The number of nitrogens with two attached hydrogens (primary N) is 1. The quantitative estimate of drug-likeness (QED) is 0.337. The van der Waals surface area contributed by atoms with Crippen LogP contribution in [0.25, 0.3) is 0 Å². The minimum Gasteiger partial charge on any atom is -0.339 e. The van der Waals surface area contributed by atoms with Crippen LogP contribution in [0.4, 0.5) is 23.4 Å². The highest BCUT2D eigenvalue weighted by molar-refractivity contribution is 6.05. The number of anilines is 1. The predicted molar refractivity (Wildman–Crippen MR) is 137 cm³/mol. The first kappa shape index (κ1) is 26.0. The van der Waals surface area contributed by atoms with E-state index < -0.39 is 23.5 Å². The Morgan fingerprint density at radius 2 is 1.98 bits per heavy atom. The second-order valence-corrected chi connectivity index (χ2v) is 10.1. The second kappa shape index (κ2) is 9.45. The molecular formula is C27H24F4N7O2+. The van der Waals surface area contributed by atoms with Gasteiger partial charge < -0.3 is 10.2 Å². The topological polar surface area (TPSA) is 113 Å². The van der Waals surface area contributed by atoms with Gasteiger partial charge in [-0.1, -0.05) is 0 Å². The Bertz CT molecular complexity index is 1550. The summed E-state index contributed by atoms with van der Waals surface area (Å²) in [6.45, 7) is 0.522. The molecule has 2 aromatic rings. The number of rotatable bonds is 4. The highest BCUT2D eigenvalue weighted by atomic mass is 19.4. The van der Waals surface area contributed by atoms with Gasteiger partial charge in [-0.25, -0.2) is 9.37 Å². The number of alkyl halides is 3. The van der Waals surface area contributed by atoms with Crippen LogP contribution in [-0.2, 0) is 11.0 Å². The Morgan fingerprint density at radius 1 is 1.15 bits per heavy atom. The fourth-order valence-electron chi connectivity index (χ4n) is 5.69. The van der Waals surface area contributed by atoms with E-state index in [0.717, 1.165) is 37.6 Å². The molecule has 2 saturated heterocycles. The number of pyridine rings is 1. The van der Waals surface area contributed by atoms with Crippen molar-refractivity contribution in [3.05, 3.63) is 82.8 Å². The van der Waals surface area contributed by atoms with Gasteiger partial charge in [0.25, 0.3) is 11.7 Å². The molecule has 0 bridgehead atoms. The molecule has 1 unspecified atom stereocenters. The lowest BCUT2D eigenvalue weighted by Gasteiger charge is -2.35. The smallest absolute Gasteiger partial charge is 0.339 e. The molecule has 2 amide bonds. The van der Waals surface area contributed by atoms with Gasteiger partial charge in [0.1, 0.15) is 23.5 Å². The van der Waals surface area contributed by atoms with Crippen molar-refractivity contribution < 1.29 is 31.7 Å². The number of benzene rings is 1. The summed E-state index contributed by atoms with van der Waals surface area (Å²) in [5.41, 5.74) is 0.226. The van der Waals surface area contributed by atoms with E-state index in [4.69, 9.17) is 10.8 Å².